The third-order valence-electron chi connectivity index (χ3n) is 4.17. The Kier molecular flexibility index (Phi) is 6.89. The molecule has 154 valence electrons. The molecule has 0 bridgehead atoms. The van der Waals surface area contributed by atoms with Crippen molar-refractivity contribution in [2.45, 2.75) is 6.10 Å². The molecule has 0 aliphatic carbocycles. The highest BCUT2D eigenvalue weighted by Crippen LogP contribution is 2.33. The van der Waals surface area contributed by atoms with E-state index in [1.54, 1.807) is 24.3 Å². The predicted molar refractivity (Wildman–Crippen MR) is 113 cm³/mol. The Bertz CT molecular complexity index is 1060. The number of carbonyl (C=O) groups excluding carboxylic acids is 1. The van der Waals surface area contributed by atoms with Gasteiger partial charge in [-0.1, -0.05) is 35.3 Å². The van der Waals surface area contributed by atoms with E-state index in [2.05, 4.69) is 5.32 Å². The molecule has 3 aromatic carbocycles. The summed E-state index contributed by atoms with van der Waals surface area (Å²) < 4.78 is 5.54. The maximum absolute atomic E-state index is 12.3. The highest BCUT2D eigenvalue weighted by molar-refractivity contribution is 6.31. The molecular weight excluding hydrogens is 431 g/mol. The Hall–Kier alpha value is -3.13. The number of nitro benzene ring substituents is 1. The molecule has 0 fully saturated rings. The molecule has 3 aromatic rings. The van der Waals surface area contributed by atoms with Crippen molar-refractivity contribution < 1.29 is 19.6 Å². The van der Waals surface area contributed by atoms with Crippen LogP contribution in [0.2, 0.25) is 10.0 Å². The Labute approximate surface area is 182 Å². The van der Waals surface area contributed by atoms with Gasteiger partial charge in [-0.05, 0) is 54.1 Å². The minimum atomic E-state index is -0.876. The summed E-state index contributed by atoms with van der Waals surface area (Å²) in [6.45, 7) is 0.0235. The predicted octanol–water partition coefficient (Wildman–Crippen LogP) is 5.16. The molecular formula is C21H16Cl2N2O5. The van der Waals surface area contributed by atoms with Crippen LogP contribution in [0, 0.1) is 10.1 Å². The van der Waals surface area contributed by atoms with Gasteiger partial charge in [0.1, 0.15) is 5.75 Å². The van der Waals surface area contributed by atoms with Crippen molar-refractivity contribution in [1.29, 1.82) is 0 Å². The average molecular weight is 447 g/mol. The first-order valence-corrected chi connectivity index (χ1v) is 9.52. The molecule has 3 rings (SSSR count). The van der Waals surface area contributed by atoms with E-state index in [1.807, 2.05) is 0 Å². The molecule has 0 aromatic heterocycles. The second-order valence-electron chi connectivity index (χ2n) is 6.27. The maximum Gasteiger partial charge on any atom is 0.313 e. The zero-order valence-electron chi connectivity index (χ0n) is 15.4. The molecule has 0 aliphatic rings. The standard InChI is InChI=1S/C21H16Cl2N2O5/c22-15-5-1-13(2-6-15)19(26)12-24-21(27)14-3-8-17(9-4-14)30-20-10-7-16(23)11-18(20)25(28)29/h1-11,19,26H,12H2,(H,24,27). The number of ether oxygens (including phenoxy) is 1. The van der Waals surface area contributed by atoms with Crippen LogP contribution in [0.1, 0.15) is 22.0 Å². The van der Waals surface area contributed by atoms with Gasteiger partial charge in [-0.2, -0.15) is 0 Å². The van der Waals surface area contributed by atoms with Gasteiger partial charge in [-0.25, -0.2) is 0 Å². The average Bonchev–Trinajstić information content (AvgIpc) is 2.74. The normalized spacial score (nSPS) is 11.6. The van der Waals surface area contributed by atoms with E-state index in [0.717, 1.165) is 0 Å². The van der Waals surface area contributed by atoms with E-state index in [4.69, 9.17) is 27.9 Å². The summed E-state index contributed by atoms with van der Waals surface area (Å²) in [6, 6.07) is 16.8. The Morgan fingerprint density at radius 2 is 1.67 bits per heavy atom. The molecule has 0 saturated carbocycles. The molecule has 0 spiro atoms. The van der Waals surface area contributed by atoms with Crippen LogP contribution in [-0.2, 0) is 0 Å². The van der Waals surface area contributed by atoms with Crippen molar-refractivity contribution in [3.05, 3.63) is 98.0 Å². The van der Waals surface area contributed by atoms with Gasteiger partial charge in [-0.15, -0.1) is 0 Å². The molecule has 7 nitrogen and oxygen atoms in total. The number of nitro groups is 1. The lowest BCUT2D eigenvalue weighted by molar-refractivity contribution is -0.385. The summed E-state index contributed by atoms with van der Waals surface area (Å²) in [6.07, 6.45) is -0.876. The van der Waals surface area contributed by atoms with Gasteiger partial charge >= 0.3 is 5.69 Å². The van der Waals surface area contributed by atoms with Gasteiger partial charge in [0.25, 0.3) is 5.91 Å². The van der Waals surface area contributed by atoms with Gasteiger partial charge in [0, 0.05) is 28.2 Å². The van der Waals surface area contributed by atoms with Crippen LogP contribution in [0.15, 0.2) is 66.7 Å². The summed E-state index contributed by atoms with van der Waals surface area (Å²) in [5.74, 6) is -0.0297. The highest BCUT2D eigenvalue weighted by Gasteiger charge is 2.17. The number of nitrogens with zero attached hydrogens (tertiary/aromatic N) is 1. The minimum Gasteiger partial charge on any atom is -0.450 e. The van der Waals surface area contributed by atoms with Crippen LogP contribution >= 0.6 is 23.2 Å². The number of benzene rings is 3. The summed E-state index contributed by atoms with van der Waals surface area (Å²) in [4.78, 5) is 22.8. The van der Waals surface area contributed by atoms with Gasteiger partial charge < -0.3 is 15.2 Å². The summed E-state index contributed by atoms with van der Waals surface area (Å²) in [5.41, 5.74) is 0.713. The van der Waals surface area contributed by atoms with Crippen molar-refractivity contribution in [2.24, 2.45) is 0 Å². The number of hydrogen-bond acceptors (Lipinski definition) is 5. The van der Waals surface area contributed by atoms with Gasteiger partial charge in [0.05, 0.1) is 11.0 Å². The molecule has 0 saturated heterocycles. The van der Waals surface area contributed by atoms with Crippen molar-refractivity contribution >= 4 is 34.8 Å². The van der Waals surface area contributed by atoms with Gasteiger partial charge in [0.2, 0.25) is 5.75 Å². The van der Waals surface area contributed by atoms with Crippen LogP contribution in [0.4, 0.5) is 5.69 Å². The molecule has 2 N–H and O–H groups in total. The highest BCUT2D eigenvalue weighted by atomic mass is 35.5. The third-order valence-corrected chi connectivity index (χ3v) is 4.66. The quantitative estimate of drug-likeness (QED) is 0.385. The van der Waals surface area contributed by atoms with E-state index in [1.165, 1.54) is 42.5 Å². The van der Waals surface area contributed by atoms with Crippen molar-refractivity contribution in [1.82, 2.24) is 5.32 Å². The first-order chi connectivity index (χ1) is 14.3. The summed E-state index contributed by atoms with van der Waals surface area (Å²) >= 11 is 11.6. The number of rotatable bonds is 7. The molecule has 0 radical (unpaired) electrons. The van der Waals surface area contributed by atoms with Crippen LogP contribution in [0.5, 0.6) is 11.5 Å². The Morgan fingerprint density at radius 1 is 1.03 bits per heavy atom. The van der Waals surface area contributed by atoms with E-state index in [0.29, 0.717) is 21.9 Å². The number of aliphatic hydroxyl groups is 1. The van der Waals surface area contributed by atoms with E-state index >= 15 is 0 Å². The smallest absolute Gasteiger partial charge is 0.313 e. The second-order valence-corrected chi connectivity index (χ2v) is 7.15. The lowest BCUT2D eigenvalue weighted by Gasteiger charge is -2.13. The molecule has 30 heavy (non-hydrogen) atoms. The van der Waals surface area contributed by atoms with Crippen LogP contribution in [0.25, 0.3) is 0 Å². The van der Waals surface area contributed by atoms with E-state index < -0.39 is 11.0 Å². The maximum atomic E-state index is 12.3. The second kappa shape index (κ2) is 9.58. The van der Waals surface area contributed by atoms with E-state index in [-0.39, 0.29) is 28.9 Å². The Balaban J connectivity index is 1.62. The number of aliphatic hydroxyl groups excluding tert-OH is 1. The molecule has 0 heterocycles. The first-order valence-electron chi connectivity index (χ1n) is 8.77. The van der Waals surface area contributed by atoms with Crippen molar-refractivity contribution in [3.8, 4) is 11.5 Å². The fourth-order valence-corrected chi connectivity index (χ4v) is 2.91. The fourth-order valence-electron chi connectivity index (χ4n) is 2.62. The molecule has 0 aliphatic heterocycles. The zero-order valence-corrected chi connectivity index (χ0v) is 16.9. The monoisotopic (exact) mass is 446 g/mol. The van der Waals surface area contributed by atoms with Gasteiger partial charge in [0.15, 0.2) is 0 Å². The van der Waals surface area contributed by atoms with E-state index in [9.17, 15) is 20.0 Å². The van der Waals surface area contributed by atoms with Gasteiger partial charge in [-0.3, -0.25) is 14.9 Å². The first kappa shape index (κ1) is 21.6. The molecule has 1 unspecified atom stereocenters. The number of amides is 1. The fraction of sp³-hybridized carbons (Fsp3) is 0.0952. The Morgan fingerprint density at radius 3 is 2.30 bits per heavy atom. The minimum absolute atomic E-state index is 0.0235. The molecule has 9 heteroatoms. The van der Waals surface area contributed by atoms with Crippen LogP contribution in [-0.4, -0.2) is 22.5 Å². The summed E-state index contributed by atoms with van der Waals surface area (Å²) in [7, 11) is 0. The number of halogens is 2. The topological polar surface area (TPSA) is 102 Å². The lowest BCUT2D eigenvalue weighted by Crippen LogP contribution is -2.28. The zero-order chi connectivity index (χ0) is 21.7. The number of nitrogens with one attached hydrogen (secondary N) is 1. The number of hydrogen-bond donors (Lipinski definition) is 2. The SMILES string of the molecule is O=C(NCC(O)c1ccc(Cl)cc1)c1ccc(Oc2ccc(Cl)cc2[N+](=O)[O-])cc1. The molecule has 1 amide bonds. The number of carbonyl (C=O) groups is 1. The van der Waals surface area contributed by atoms with Crippen molar-refractivity contribution in [2.75, 3.05) is 6.54 Å². The van der Waals surface area contributed by atoms with Crippen LogP contribution < -0.4 is 10.1 Å². The summed E-state index contributed by atoms with van der Waals surface area (Å²) in [5, 5.41) is 24.7. The lowest BCUT2D eigenvalue weighted by atomic mass is 10.1. The van der Waals surface area contributed by atoms with Crippen LogP contribution in [0.3, 0.4) is 0 Å². The molecule has 1 atom stereocenters. The third kappa shape index (κ3) is 5.48. The van der Waals surface area contributed by atoms with Crippen molar-refractivity contribution in [3.63, 3.8) is 0 Å². The largest absolute Gasteiger partial charge is 0.450 e.